The van der Waals surface area contributed by atoms with E-state index in [-0.39, 0.29) is 5.69 Å². The molecule has 0 saturated heterocycles. The molecule has 9 nitrogen and oxygen atoms in total. The van der Waals surface area contributed by atoms with Crippen LogP contribution < -0.4 is 0 Å². The van der Waals surface area contributed by atoms with Gasteiger partial charge in [-0.3, -0.25) is 19.6 Å². The fourth-order valence-electron chi connectivity index (χ4n) is 3.81. The fourth-order valence-corrected chi connectivity index (χ4v) is 3.81. The van der Waals surface area contributed by atoms with Crippen molar-refractivity contribution in [3.63, 3.8) is 0 Å². The van der Waals surface area contributed by atoms with Crippen LogP contribution in [0.4, 0.5) is 4.39 Å². The molecule has 156 valence electrons. The first-order valence-corrected chi connectivity index (χ1v) is 9.90. The topological polar surface area (TPSA) is 114 Å². The molecule has 0 fully saturated rings. The molecule has 0 atom stereocenters. The Labute approximate surface area is 180 Å². The standard InChI is InChI=1S/C22H16FN9/c1-11-3-5-24-7-13(11)18-17(23)16-15(8-26-18)30-31-20(16)21-28-14-4-6-25-22(19(14)29-21)32-9-12(2)27-10-32/h3-10H,1-2H3,(H,28,29)(H,30,31). The second-order valence-corrected chi connectivity index (χ2v) is 7.51. The average Bonchev–Trinajstić information content (AvgIpc) is 3.52. The number of hydrogen-bond acceptors (Lipinski definition) is 6. The molecule has 0 spiro atoms. The lowest BCUT2D eigenvalue weighted by molar-refractivity contribution is 0.638. The van der Waals surface area contributed by atoms with Gasteiger partial charge < -0.3 is 4.98 Å². The van der Waals surface area contributed by atoms with Gasteiger partial charge in [0.25, 0.3) is 0 Å². The van der Waals surface area contributed by atoms with Crippen LogP contribution in [0.2, 0.25) is 0 Å². The van der Waals surface area contributed by atoms with E-state index in [0.29, 0.717) is 39.3 Å². The molecule has 0 aliphatic carbocycles. The Kier molecular flexibility index (Phi) is 3.88. The largest absolute Gasteiger partial charge is 0.336 e. The van der Waals surface area contributed by atoms with Crippen molar-refractivity contribution in [2.45, 2.75) is 13.8 Å². The number of aryl methyl sites for hydroxylation is 2. The van der Waals surface area contributed by atoms with E-state index in [4.69, 9.17) is 4.98 Å². The van der Waals surface area contributed by atoms with Gasteiger partial charge in [0.05, 0.1) is 28.3 Å². The number of halogens is 1. The zero-order chi connectivity index (χ0) is 21.8. The van der Waals surface area contributed by atoms with Gasteiger partial charge >= 0.3 is 0 Å². The first-order valence-electron chi connectivity index (χ1n) is 9.90. The van der Waals surface area contributed by atoms with Crippen LogP contribution in [-0.2, 0) is 0 Å². The highest BCUT2D eigenvalue weighted by Crippen LogP contribution is 2.33. The van der Waals surface area contributed by atoms with Gasteiger partial charge in [0.15, 0.2) is 17.5 Å². The maximum absolute atomic E-state index is 15.7. The summed E-state index contributed by atoms with van der Waals surface area (Å²) in [5.74, 6) is 0.571. The highest BCUT2D eigenvalue weighted by atomic mass is 19.1. The first kappa shape index (κ1) is 18.3. The highest BCUT2D eigenvalue weighted by Gasteiger charge is 2.22. The summed E-state index contributed by atoms with van der Waals surface area (Å²) in [5.41, 5.74) is 4.83. The van der Waals surface area contributed by atoms with E-state index in [9.17, 15) is 0 Å². The van der Waals surface area contributed by atoms with Gasteiger partial charge in [0, 0.05) is 30.4 Å². The molecule has 6 rings (SSSR count). The Morgan fingerprint density at radius 2 is 1.88 bits per heavy atom. The zero-order valence-electron chi connectivity index (χ0n) is 17.1. The lowest BCUT2D eigenvalue weighted by atomic mass is 10.1. The van der Waals surface area contributed by atoms with E-state index >= 15 is 4.39 Å². The summed E-state index contributed by atoms with van der Waals surface area (Å²) < 4.78 is 17.5. The molecule has 0 radical (unpaired) electrons. The predicted octanol–water partition coefficient (Wildman–Crippen LogP) is 3.90. The molecule has 32 heavy (non-hydrogen) atoms. The molecule has 0 aliphatic heterocycles. The molecule has 0 aliphatic rings. The summed E-state index contributed by atoms with van der Waals surface area (Å²) >= 11 is 0. The number of nitrogens with one attached hydrogen (secondary N) is 2. The minimum atomic E-state index is -0.480. The fraction of sp³-hybridized carbons (Fsp3) is 0.0909. The van der Waals surface area contributed by atoms with Crippen LogP contribution in [0.3, 0.4) is 0 Å². The van der Waals surface area contributed by atoms with Crippen LogP contribution in [0, 0.1) is 19.7 Å². The van der Waals surface area contributed by atoms with Crippen LogP contribution in [0.15, 0.2) is 49.4 Å². The molecular formula is C22H16FN9. The number of pyridine rings is 3. The summed E-state index contributed by atoms with van der Waals surface area (Å²) in [5, 5.41) is 7.50. The third-order valence-electron chi connectivity index (χ3n) is 5.40. The second-order valence-electron chi connectivity index (χ2n) is 7.51. The Hall–Kier alpha value is -4.47. The summed E-state index contributed by atoms with van der Waals surface area (Å²) in [6, 6.07) is 3.64. The van der Waals surface area contributed by atoms with E-state index in [1.165, 1.54) is 0 Å². The Morgan fingerprint density at radius 3 is 2.69 bits per heavy atom. The smallest absolute Gasteiger partial charge is 0.166 e. The number of fused-ring (bicyclic) bond motifs is 2. The Bertz CT molecular complexity index is 1630. The SMILES string of the molecule is Cc1cn(-c2nccc3[nH]c(-c4n[nH]c5cnc(-c6cnccc6C)c(F)c45)nc23)cn1. The van der Waals surface area contributed by atoms with Crippen LogP contribution in [-0.4, -0.2) is 44.7 Å². The third-order valence-corrected chi connectivity index (χ3v) is 5.40. The van der Waals surface area contributed by atoms with Crippen molar-refractivity contribution in [1.82, 2.24) is 44.7 Å². The summed E-state index contributed by atoms with van der Waals surface area (Å²) in [6.45, 7) is 3.80. The number of H-pyrrole nitrogens is 2. The number of aromatic nitrogens is 9. The molecule has 0 aromatic carbocycles. The van der Waals surface area contributed by atoms with Gasteiger partial charge in [0.2, 0.25) is 0 Å². The second kappa shape index (κ2) is 6.77. The average molecular weight is 425 g/mol. The number of hydrogen-bond donors (Lipinski definition) is 2. The van der Waals surface area contributed by atoms with Gasteiger partial charge in [-0.05, 0) is 31.5 Å². The number of nitrogens with zero attached hydrogens (tertiary/aromatic N) is 7. The molecule has 2 N–H and O–H groups in total. The maximum Gasteiger partial charge on any atom is 0.166 e. The van der Waals surface area contributed by atoms with Crippen molar-refractivity contribution in [2.75, 3.05) is 0 Å². The van der Waals surface area contributed by atoms with Crippen LogP contribution in [0.5, 0.6) is 0 Å². The van der Waals surface area contributed by atoms with Crippen LogP contribution in [0.1, 0.15) is 11.3 Å². The highest BCUT2D eigenvalue weighted by molar-refractivity contribution is 5.96. The molecular weight excluding hydrogens is 409 g/mol. The van der Waals surface area contributed by atoms with E-state index < -0.39 is 5.82 Å². The zero-order valence-corrected chi connectivity index (χ0v) is 17.1. The maximum atomic E-state index is 15.7. The molecule has 6 heterocycles. The van der Waals surface area contributed by atoms with E-state index in [1.54, 1.807) is 35.7 Å². The normalized spacial score (nSPS) is 11.6. The lowest BCUT2D eigenvalue weighted by Gasteiger charge is -2.06. The van der Waals surface area contributed by atoms with E-state index in [0.717, 1.165) is 16.8 Å². The number of aromatic amines is 2. The minimum absolute atomic E-state index is 0.220. The minimum Gasteiger partial charge on any atom is -0.336 e. The third kappa shape index (κ3) is 2.69. The van der Waals surface area contributed by atoms with Gasteiger partial charge in [-0.15, -0.1) is 0 Å². The van der Waals surface area contributed by atoms with Crippen molar-refractivity contribution in [1.29, 1.82) is 0 Å². The van der Waals surface area contributed by atoms with E-state index in [1.807, 2.05) is 32.2 Å². The Morgan fingerprint density at radius 1 is 0.969 bits per heavy atom. The summed E-state index contributed by atoms with van der Waals surface area (Å²) in [4.78, 5) is 25.1. The van der Waals surface area contributed by atoms with Crippen molar-refractivity contribution < 1.29 is 4.39 Å². The summed E-state index contributed by atoms with van der Waals surface area (Å²) in [6.07, 6.45) is 10.1. The molecule has 0 saturated carbocycles. The molecule has 10 heteroatoms. The van der Waals surface area contributed by atoms with Crippen molar-refractivity contribution >= 4 is 21.9 Å². The molecule has 0 amide bonds. The molecule has 0 unspecified atom stereocenters. The van der Waals surface area contributed by atoms with Crippen molar-refractivity contribution in [2.24, 2.45) is 0 Å². The summed E-state index contributed by atoms with van der Waals surface area (Å²) in [7, 11) is 0. The van der Waals surface area contributed by atoms with Gasteiger partial charge in [0.1, 0.15) is 23.2 Å². The molecule has 6 aromatic heterocycles. The first-order chi connectivity index (χ1) is 15.6. The monoisotopic (exact) mass is 425 g/mol. The van der Waals surface area contributed by atoms with Crippen LogP contribution in [0.25, 0.3) is 50.5 Å². The van der Waals surface area contributed by atoms with Crippen molar-refractivity contribution in [3.8, 4) is 28.6 Å². The number of imidazole rings is 2. The van der Waals surface area contributed by atoms with Crippen molar-refractivity contribution in [3.05, 3.63) is 66.5 Å². The lowest BCUT2D eigenvalue weighted by Crippen LogP contribution is -1.95. The van der Waals surface area contributed by atoms with E-state index in [2.05, 4.69) is 35.1 Å². The van der Waals surface area contributed by atoms with Gasteiger partial charge in [-0.25, -0.2) is 19.3 Å². The van der Waals surface area contributed by atoms with Gasteiger partial charge in [-0.1, -0.05) is 0 Å². The quantitative estimate of drug-likeness (QED) is 0.445. The number of rotatable bonds is 3. The predicted molar refractivity (Wildman–Crippen MR) is 117 cm³/mol. The van der Waals surface area contributed by atoms with Gasteiger partial charge in [-0.2, -0.15) is 5.10 Å². The molecule has 0 bridgehead atoms. The Balaban J connectivity index is 1.56. The van der Waals surface area contributed by atoms with Crippen LogP contribution >= 0.6 is 0 Å². The molecule has 6 aromatic rings.